The number of rotatable bonds is 13. The van der Waals surface area contributed by atoms with Crippen LogP contribution in [0.25, 0.3) is 0 Å². The van der Waals surface area contributed by atoms with Crippen molar-refractivity contribution in [1.29, 1.82) is 0 Å². The summed E-state index contributed by atoms with van der Waals surface area (Å²) in [7, 11) is 0. The molecular weight excluding hydrogens is 592 g/mol. The number of nitrogens with zero attached hydrogens (tertiary/aromatic N) is 2. The van der Waals surface area contributed by atoms with Crippen molar-refractivity contribution in [3.8, 4) is 17.2 Å². The molecule has 2 unspecified atom stereocenters. The molecule has 0 aromatic heterocycles. The zero-order valence-electron chi connectivity index (χ0n) is 28.0. The largest absolute Gasteiger partial charge is 0.492 e. The van der Waals surface area contributed by atoms with E-state index in [1.807, 2.05) is 12.1 Å². The highest BCUT2D eigenvalue weighted by Crippen LogP contribution is 2.51. The summed E-state index contributed by atoms with van der Waals surface area (Å²) in [4.78, 5) is 5.06. The standard InChI is InChI=1S/C43H46N2O3/c1-33-41-29-40(48-32-36-14-7-3-8-15-36)22-23-42(41)45(30-34-18-20-38(21-19-34)46-27-26-44-24-9-4-10-25-44)43(33)37-16-11-17-39(28-37)47-31-35-12-5-2-6-13-35/h2-3,5-8,11-23,28-29,33,43H,4,9-10,24-27,30-32H2,1H3. The van der Waals surface area contributed by atoms with Crippen LogP contribution in [0.4, 0.5) is 5.69 Å². The van der Waals surface area contributed by atoms with Crippen molar-refractivity contribution in [2.24, 2.45) is 0 Å². The van der Waals surface area contributed by atoms with Gasteiger partial charge in [-0.3, -0.25) is 4.90 Å². The fourth-order valence-corrected chi connectivity index (χ4v) is 7.12. The molecule has 5 aromatic rings. The Hall–Kier alpha value is -4.74. The molecule has 7 rings (SSSR count). The van der Waals surface area contributed by atoms with Crippen LogP contribution in [-0.2, 0) is 19.8 Å². The monoisotopic (exact) mass is 638 g/mol. The SMILES string of the molecule is CC1c2cc(OCc3ccccc3)ccc2N(Cc2ccc(OCCN3CCCCC3)cc2)C1c1cccc(OCc2ccccc2)c1. The Morgan fingerprint density at radius 1 is 0.583 bits per heavy atom. The summed E-state index contributed by atoms with van der Waals surface area (Å²) in [6.45, 7) is 8.34. The molecule has 2 atom stereocenters. The van der Waals surface area contributed by atoms with E-state index in [1.165, 1.54) is 54.7 Å². The molecule has 0 amide bonds. The fraction of sp³-hybridized carbons (Fsp3) is 0.302. The van der Waals surface area contributed by atoms with Crippen LogP contribution in [0.1, 0.15) is 66.0 Å². The second kappa shape index (κ2) is 15.4. The highest BCUT2D eigenvalue weighted by molar-refractivity contribution is 5.65. The molecule has 5 heteroatoms. The quantitative estimate of drug-likeness (QED) is 0.128. The first kappa shape index (κ1) is 31.8. The average molecular weight is 639 g/mol. The van der Waals surface area contributed by atoms with Crippen LogP contribution in [-0.4, -0.2) is 31.1 Å². The molecule has 48 heavy (non-hydrogen) atoms. The van der Waals surface area contributed by atoms with Crippen molar-refractivity contribution in [2.75, 3.05) is 31.1 Å². The maximum absolute atomic E-state index is 6.28. The number of likely N-dealkylation sites (tertiary alicyclic amines) is 1. The second-order valence-electron chi connectivity index (χ2n) is 13.1. The molecule has 5 nitrogen and oxygen atoms in total. The van der Waals surface area contributed by atoms with Crippen LogP contribution >= 0.6 is 0 Å². The van der Waals surface area contributed by atoms with Gasteiger partial charge in [0.1, 0.15) is 37.1 Å². The molecule has 0 radical (unpaired) electrons. The van der Waals surface area contributed by atoms with E-state index in [0.29, 0.717) is 13.2 Å². The first-order valence-corrected chi connectivity index (χ1v) is 17.5. The average Bonchev–Trinajstić information content (AvgIpc) is 3.41. The maximum atomic E-state index is 6.28. The zero-order valence-corrected chi connectivity index (χ0v) is 28.0. The van der Waals surface area contributed by atoms with Crippen LogP contribution in [0.15, 0.2) is 127 Å². The molecule has 1 fully saturated rings. The fourth-order valence-electron chi connectivity index (χ4n) is 7.12. The maximum Gasteiger partial charge on any atom is 0.120 e. The molecule has 2 aliphatic rings. The molecule has 0 N–H and O–H groups in total. The molecule has 0 aliphatic carbocycles. The van der Waals surface area contributed by atoms with E-state index >= 15 is 0 Å². The summed E-state index contributed by atoms with van der Waals surface area (Å²) in [6, 6.07) is 44.7. The minimum Gasteiger partial charge on any atom is -0.492 e. The van der Waals surface area contributed by atoms with Crippen molar-refractivity contribution in [3.63, 3.8) is 0 Å². The van der Waals surface area contributed by atoms with Gasteiger partial charge in [-0.1, -0.05) is 98.3 Å². The Labute approximate surface area is 285 Å². The van der Waals surface area contributed by atoms with Gasteiger partial charge in [0, 0.05) is 24.7 Å². The number of hydrogen-bond acceptors (Lipinski definition) is 5. The lowest BCUT2D eigenvalue weighted by Crippen LogP contribution is -2.33. The van der Waals surface area contributed by atoms with Gasteiger partial charge in [-0.2, -0.15) is 0 Å². The van der Waals surface area contributed by atoms with Crippen LogP contribution < -0.4 is 19.1 Å². The Kier molecular flexibility index (Phi) is 10.2. The summed E-state index contributed by atoms with van der Waals surface area (Å²) in [6.07, 6.45) is 3.97. The van der Waals surface area contributed by atoms with Crippen molar-refractivity contribution in [1.82, 2.24) is 4.90 Å². The number of benzene rings is 5. The van der Waals surface area contributed by atoms with Gasteiger partial charge in [0.25, 0.3) is 0 Å². The Balaban J connectivity index is 1.10. The summed E-state index contributed by atoms with van der Waals surface area (Å²) < 4.78 is 18.7. The van der Waals surface area contributed by atoms with Gasteiger partial charge in [0.15, 0.2) is 0 Å². The van der Waals surface area contributed by atoms with Crippen LogP contribution in [0.3, 0.4) is 0 Å². The Morgan fingerprint density at radius 2 is 1.23 bits per heavy atom. The smallest absolute Gasteiger partial charge is 0.120 e. The first-order chi connectivity index (χ1) is 23.7. The van der Waals surface area contributed by atoms with E-state index < -0.39 is 0 Å². The highest BCUT2D eigenvalue weighted by atomic mass is 16.5. The number of piperidine rings is 1. The van der Waals surface area contributed by atoms with Crippen LogP contribution in [0.5, 0.6) is 17.2 Å². The molecule has 246 valence electrons. The zero-order chi connectivity index (χ0) is 32.5. The summed E-state index contributed by atoms with van der Waals surface area (Å²) in [5.41, 5.74) is 7.37. The topological polar surface area (TPSA) is 34.2 Å². The third-order valence-corrected chi connectivity index (χ3v) is 9.71. The number of hydrogen-bond donors (Lipinski definition) is 0. The lowest BCUT2D eigenvalue weighted by atomic mass is 9.91. The molecular formula is C43H46N2O3. The van der Waals surface area contributed by atoms with E-state index in [2.05, 4.69) is 132 Å². The predicted octanol–water partition coefficient (Wildman–Crippen LogP) is 9.57. The van der Waals surface area contributed by atoms with Crippen molar-refractivity contribution in [2.45, 2.75) is 57.9 Å². The van der Waals surface area contributed by atoms with Crippen LogP contribution in [0, 0.1) is 0 Å². The van der Waals surface area contributed by atoms with E-state index in [9.17, 15) is 0 Å². The summed E-state index contributed by atoms with van der Waals surface area (Å²) in [5, 5.41) is 0. The Morgan fingerprint density at radius 3 is 1.92 bits per heavy atom. The minimum absolute atomic E-state index is 0.144. The lowest BCUT2D eigenvalue weighted by Gasteiger charge is -2.30. The van der Waals surface area contributed by atoms with Crippen LogP contribution in [0.2, 0.25) is 0 Å². The van der Waals surface area contributed by atoms with E-state index in [1.54, 1.807) is 0 Å². The minimum atomic E-state index is 0.144. The van der Waals surface area contributed by atoms with Gasteiger partial charge in [0.05, 0.1) is 6.04 Å². The van der Waals surface area contributed by atoms with E-state index in [4.69, 9.17) is 14.2 Å². The number of anilines is 1. The summed E-state index contributed by atoms with van der Waals surface area (Å²) >= 11 is 0. The molecule has 2 heterocycles. The van der Waals surface area contributed by atoms with Gasteiger partial charge >= 0.3 is 0 Å². The van der Waals surface area contributed by atoms with Crippen molar-refractivity contribution in [3.05, 3.63) is 155 Å². The van der Waals surface area contributed by atoms with E-state index in [0.717, 1.165) is 48.1 Å². The molecule has 0 bridgehead atoms. The highest BCUT2D eigenvalue weighted by Gasteiger charge is 2.37. The molecule has 5 aromatic carbocycles. The lowest BCUT2D eigenvalue weighted by molar-refractivity contribution is 0.183. The molecule has 2 aliphatic heterocycles. The molecule has 1 saturated heterocycles. The number of ether oxygens (including phenoxy) is 3. The summed E-state index contributed by atoms with van der Waals surface area (Å²) in [5.74, 6) is 2.97. The molecule has 0 spiro atoms. The first-order valence-electron chi connectivity index (χ1n) is 17.5. The predicted molar refractivity (Wildman–Crippen MR) is 194 cm³/mol. The van der Waals surface area contributed by atoms with Gasteiger partial charge in [-0.25, -0.2) is 0 Å². The molecule has 0 saturated carbocycles. The van der Waals surface area contributed by atoms with E-state index in [-0.39, 0.29) is 12.0 Å². The van der Waals surface area contributed by atoms with Gasteiger partial charge < -0.3 is 19.1 Å². The van der Waals surface area contributed by atoms with Gasteiger partial charge in [-0.15, -0.1) is 0 Å². The van der Waals surface area contributed by atoms with Crippen molar-refractivity contribution < 1.29 is 14.2 Å². The Bertz CT molecular complexity index is 1740. The number of fused-ring (bicyclic) bond motifs is 1. The normalized spacial score (nSPS) is 17.6. The third-order valence-electron chi connectivity index (χ3n) is 9.71. The van der Waals surface area contributed by atoms with Gasteiger partial charge in [-0.05, 0) is 96.2 Å². The van der Waals surface area contributed by atoms with Gasteiger partial charge in [0.2, 0.25) is 0 Å². The second-order valence-corrected chi connectivity index (χ2v) is 13.1. The van der Waals surface area contributed by atoms with Crippen molar-refractivity contribution >= 4 is 5.69 Å². The third kappa shape index (κ3) is 7.86.